The van der Waals surface area contributed by atoms with Crippen molar-refractivity contribution in [3.63, 3.8) is 0 Å². The smallest absolute Gasteiger partial charge is 0.231 e. The molecule has 7 rings (SSSR count). The third kappa shape index (κ3) is 2.75. The number of carbonyl (C=O) groups excluding carboxylic acids is 1. The number of fused-ring (bicyclic) bond motifs is 1. The zero-order chi connectivity index (χ0) is 20.5. The van der Waals surface area contributed by atoms with Gasteiger partial charge in [0.1, 0.15) is 11.4 Å². The Kier molecular flexibility index (Phi) is 3.66. The van der Waals surface area contributed by atoms with Gasteiger partial charge in [0.05, 0.1) is 17.2 Å². The highest BCUT2D eigenvalue weighted by Gasteiger charge is 2.72. The molecule has 4 aliphatic rings. The lowest BCUT2D eigenvalue weighted by atomic mass is 9.42. The molecule has 4 saturated carbocycles. The van der Waals surface area contributed by atoms with Gasteiger partial charge in [-0.3, -0.25) is 4.79 Å². The first-order valence-electron chi connectivity index (χ1n) is 10.8. The van der Waals surface area contributed by atoms with Crippen LogP contribution in [0.25, 0.3) is 10.9 Å². The van der Waals surface area contributed by atoms with Crippen molar-refractivity contribution in [2.75, 3.05) is 5.32 Å². The van der Waals surface area contributed by atoms with Crippen LogP contribution in [0.1, 0.15) is 49.1 Å². The molecule has 2 aromatic carbocycles. The van der Waals surface area contributed by atoms with Crippen molar-refractivity contribution in [3.05, 3.63) is 59.8 Å². The maximum atomic E-state index is 13.8. The second-order valence-electron chi connectivity index (χ2n) is 9.64. The van der Waals surface area contributed by atoms with E-state index in [1.54, 1.807) is 6.20 Å². The lowest BCUT2D eigenvalue weighted by molar-refractivity contribution is -0.209. The van der Waals surface area contributed by atoms with Gasteiger partial charge in [0.15, 0.2) is 0 Å². The Bertz CT molecular complexity index is 1120. The Balaban J connectivity index is 1.12. The lowest BCUT2D eigenvalue weighted by Gasteiger charge is -2.64. The Morgan fingerprint density at radius 2 is 1.87 bits per heavy atom. The molecule has 2 bridgehead atoms. The molecule has 2 N–H and O–H groups in total. The number of H-pyrrole nitrogens is 1. The van der Waals surface area contributed by atoms with Gasteiger partial charge in [-0.05, 0) is 68.7 Å². The molecule has 154 valence electrons. The molecule has 4 nitrogen and oxygen atoms in total. The molecular weight excluding hydrogens is 379 g/mol. The minimum atomic E-state index is -1.07. The second-order valence-corrected chi connectivity index (χ2v) is 9.64. The van der Waals surface area contributed by atoms with E-state index in [1.807, 2.05) is 18.2 Å². The molecule has 1 heterocycles. The quantitative estimate of drug-likeness (QED) is 0.579. The second kappa shape index (κ2) is 6.10. The number of aromatic nitrogens is 1. The molecule has 0 aliphatic heterocycles. The summed E-state index contributed by atoms with van der Waals surface area (Å²) in [6, 6.07) is 14.7. The van der Waals surface area contributed by atoms with E-state index in [9.17, 15) is 9.18 Å². The number of aryl methyl sites for hydroxylation is 1. The predicted molar refractivity (Wildman–Crippen MR) is 115 cm³/mol. The average molecular weight is 404 g/mol. The van der Waals surface area contributed by atoms with Gasteiger partial charge in [0.25, 0.3) is 0 Å². The molecule has 0 unspecified atom stereocenters. The van der Waals surface area contributed by atoms with Gasteiger partial charge in [-0.1, -0.05) is 29.8 Å². The molecule has 4 fully saturated rings. The third-order valence-electron chi connectivity index (χ3n) is 7.30. The largest absolute Gasteiger partial charge is 0.490 e. The summed E-state index contributed by atoms with van der Waals surface area (Å²) in [7, 11) is 0. The number of amides is 1. The SMILES string of the molecule is Cc1ccc([C@H]2C[C@@H](Oc3ccc4[nH]cc(NC(=O)C56CC(F)(C5)C6)c4c3)C2)cc1. The predicted octanol–water partition coefficient (Wildman–Crippen LogP) is 5.63. The summed E-state index contributed by atoms with van der Waals surface area (Å²) in [5.74, 6) is 1.32. The average Bonchev–Trinajstić information content (AvgIpc) is 3.04. The first-order valence-corrected chi connectivity index (χ1v) is 10.8. The van der Waals surface area contributed by atoms with Crippen molar-refractivity contribution >= 4 is 22.5 Å². The summed E-state index contributed by atoms with van der Waals surface area (Å²) in [5, 5.41) is 3.94. The van der Waals surface area contributed by atoms with Gasteiger partial charge >= 0.3 is 0 Å². The Morgan fingerprint density at radius 1 is 1.13 bits per heavy atom. The molecular formula is C25H25FN2O2. The van der Waals surface area contributed by atoms with Crippen LogP contribution in [0.4, 0.5) is 10.1 Å². The van der Waals surface area contributed by atoms with E-state index in [0.717, 1.165) is 35.2 Å². The highest BCUT2D eigenvalue weighted by atomic mass is 19.1. The normalized spacial score (nSPS) is 31.4. The van der Waals surface area contributed by atoms with E-state index >= 15 is 0 Å². The summed E-state index contributed by atoms with van der Waals surface area (Å²) in [4.78, 5) is 15.8. The maximum Gasteiger partial charge on any atom is 0.231 e. The molecule has 0 spiro atoms. The first kappa shape index (κ1) is 18.0. The number of ether oxygens (including phenoxy) is 1. The minimum Gasteiger partial charge on any atom is -0.490 e. The fraction of sp³-hybridized carbons (Fsp3) is 0.400. The van der Waals surface area contributed by atoms with E-state index in [4.69, 9.17) is 4.74 Å². The van der Waals surface area contributed by atoms with Crippen molar-refractivity contribution in [3.8, 4) is 5.75 Å². The van der Waals surface area contributed by atoms with Crippen LogP contribution in [-0.2, 0) is 4.79 Å². The summed E-state index contributed by atoms with van der Waals surface area (Å²) in [5.41, 5.74) is 2.80. The summed E-state index contributed by atoms with van der Waals surface area (Å²) < 4.78 is 20.0. The third-order valence-corrected chi connectivity index (χ3v) is 7.30. The number of alkyl halides is 1. The number of nitrogens with one attached hydrogen (secondary N) is 2. The van der Waals surface area contributed by atoms with Gasteiger partial charge in [0.2, 0.25) is 5.91 Å². The van der Waals surface area contributed by atoms with Crippen molar-refractivity contribution in [2.24, 2.45) is 5.41 Å². The number of hydrogen-bond donors (Lipinski definition) is 2. The van der Waals surface area contributed by atoms with E-state index in [1.165, 1.54) is 11.1 Å². The molecule has 0 atom stereocenters. The number of benzene rings is 2. The number of aromatic amines is 1. The van der Waals surface area contributed by atoms with Crippen molar-refractivity contribution in [1.29, 1.82) is 0 Å². The minimum absolute atomic E-state index is 0.0609. The highest BCUT2D eigenvalue weighted by Crippen LogP contribution is 2.69. The first-order chi connectivity index (χ1) is 14.4. The number of halogens is 1. The topological polar surface area (TPSA) is 54.1 Å². The van der Waals surface area contributed by atoms with Gasteiger partial charge in [0, 0.05) is 17.1 Å². The lowest BCUT2D eigenvalue weighted by Crippen LogP contribution is -2.68. The van der Waals surface area contributed by atoms with Gasteiger partial charge < -0.3 is 15.0 Å². The molecule has 5 heteroatoms. The van der Waals surface area contributed by atoms with E-state index < -0.39 is 11.1 Å². The van der Waals surface area contributed by atoms with E-state index in [2.05, 4.69) is 41.5 Å². The Morgan fingerprint density at radius 3 is 2.57 bits per heavy atom. The standard InChI is InChI=1S/C25H25FN2O2/c1-15-2-4-16(5-3-15)17-8-19(9-17)30-18-6-7-21-20(10-18)22(11-27-21)28-23(29)24-12-25(26,13-24)14-24/h2-7,10-11,17,19,27H,8-9,12-14H2,1H3,(H,28,29)/t17-,19+,24?,25?. The van der Waals surface area contributed by atoms with Crippen LogP contribution < -0.4 is 10.1 Å². The summed E-state index contributed by atoms with van der Waals surface area (Å²) in [6.45, 7) is 2.11. The van der Waals surface area contributed by atoms with Crippen LogP contribution in [0.2, 0.25) is 0 Å². The van der Waals surface area contributed by atoms with Crippen LogP contribution in [0.3, 0.4) is 0 Å². The molecule has 1 amide bonds. The van der Waals surface area contributed by atoms with Gasteiger partial charge in [-0.15, -0.1) is 0 Å². The van der Waals surface area contributed by atoms with E-state index in [0.29, 0.717) is 25.2 Å². The van der Waals surface area contributed by atoms with Crippen LogP contribution in [0, 0.1) is 12.3 Å². The fourth-order valence-electron chi connectivity index (χ4n) is 5.40. The Hall–Kier alpha value is -2.82. The molecule has 0 radical (unpaired) electrons. The number of hydrogen-bond acceptors (Lipinski definition) is 2. The van der Waals surface area contributed by atoms with Crippen molar-refractivity contribution in [2.45, 2.75) is 56.7 Å². The summed E-state index contributed by atoms with van der Waals surface area (Å²) >= 11 is 0. The monoisotopic (exact) mass is 404 g/mol. The molecule has 3 aromatic rings. The van der Waals surface area contributed by atoms with E-state index in [-0.39, 0.29) is 12.0 Å². The number of carbonyl (C=O) groups is 1. The number of anilines is 1. The highest BCUT2D eigenvalue weighted by molar-refractivity contribution is 6.05. The van der Waals surface area contributed by atoms with Crippen LogP contribution in [-0.4, -0.2) is 22.7 Å². The maximum absolute atomic E-state index is 13.8. The zero-order valence-electron chi connectivity index (χ0n) is 17.0. The van der Waals surface area contributed by atoms with Crippen LogP contribution in [0.15, 0.2) is 48.7 Å². The Labute approximate surface area is 174 Å². The van der Waals surface area contributed by atoms with Crippen LogP contribution in [0.5, 0.6) is 5.75 Å². The zero-order valence-corrected chi connectivity index (χ0v) is 17.0. The number of rotatable bonds is 5. The molecule has 4 aliphatic carbocycles. The summed E-state index contributed by atoms with van der Waals surface area (Å²) in [6.07, 6.45) is 5.16. The van der Waals surface area contributed by atoms with Gasteiger partial charge in [-0.2, -0.15) is 0 Å². The van der Waals surface area contributed by atoms with Crippen molar-refractivity contribution in [1.82, 2.24) is 4.98 Å². The molecule has 1 aromatic heterocycles. The molecule has 0 saturated heterocycles. The fourth-order valence-corrected chi connectivity index (χ4v) is 5.40. The van der Waals surface area contributed by atoms with Crippen molar-refractivity contribution < 1.29 is 13.9 Å². The van der Waals surface area contributed by atoms with Gasteiger partial charge in [-0.25, -0.2) is 4.39 Å². The van der Waals surface area contributed by atoms with Crippen LogP contribution >= 0.6 is 0 Å². The molecule has 30 heavy (non-hydrogen) atoms.